The predicted molar refractivity (Wildman–Crippen MR) is 126 cm³/mol. The van der Waals surface area contributed by atoms with Gasteiger partial charge in [0.1, 0.15) is 4.90 Å². The summed E-state index contributed by atoms with van der Waals surface area (Å²) in [6.45, 7) is 2.57. The lowest BCUT2D eigenvalue weighted by molar-refractivity contribution is -0.193. The fourth-order valence-corrected chi connectivity index (χ4v) is 5.32. The van der Waals surface area contributed by atoms with Crippen LogP contribution >= 0.6 is 0 Å². The summed E-state index contributed by atoms with van der Waals surface area (Å²) in [5, 5.41) is 14.2. The average Bonchev–Trinajstić information content (AvgIpc) is 3.31. The maximum atomic E-state index is 12.7. The lowest BCUT2D eigenvalue weighted by Gasteiger charge is -2.49. The number of carboxylic acid groups (broad SMARTS) is 2. The zero-order valence-electron chi connectivity index (χ0n) is 21.0. The molecule has 0 amide bonds. The molecule has 2 aromatic heterocycles. The van der Waals surface area contributed by atoms with Crippen LogP contribution in [0.5, 0.6) is 0 Å². The fraction of sp³-hybridized carbons (Fsp3) is 0.478. The van der Waals surface area contributed by atoms with E-state index in [1.807, 2.05) is 18.2 Å². The van der Waals surface area contributed by atoms with Gasteiger partial charge in [0.15, 0.2) is 0 Å². The van der Waals surface area contributed by atoms with E-state index < -0.39 is 34.3 Å². The topological polar surface area (TPSA) is 156 Å². The highest BCUT2D eigenvalue weighted by Crippen LogP contribution is 2.43. The molecule has 1 spiro atoms. The van der Waals surface area contributed by atoms with Gasteiger partial charge >= 0.3 is 24.3 Å². The highest BCUT2D eigenvalue weighted by molar-refractivity contribution is 7.89. The SMILES string of the molecule is O=C(O)C(F)(F)F.O=C(O)C(F)(F)F.O=S(=O)(c1cccnc1)N1CC2(C1)OCCC2CCOCc1ccccn1. The van der Waals surface area contributed by atoms with Crippen molar-refractivity contribution in [3.8, 4) is 0 Å². The maximum Gasteiger partial charge on any atom is 0.490 e. The molecule has 1 atom stereocenters. The van der Waals surface area contributed by atoms with Crippen LogP contribution in [0.1, 0.15) is 18.5 Å². The maximum absolute atomic E-state index is 12.7. The van der Waals surface area contributed by atoms with Crippen molar-refractivity contribution in [3.05, 3.63) is 54.6 Å². The molecule has 0 aliphatic carbocycles. The van der Waals surface area contributed by atoms with Gasteiger partial charge in [-0.05, 0) is 43.0 Å². The Hall–Kier alpha value is -3.35. The second kappa shape index (κ2) is 14.0. The molecule has 2 fully saturated rings. The number of hydrogen-bond acceptors (Lipinski definition) is 8. The summed E-state index contributed by atoms with van der Waals surface area (Å²) in [6.07, 6.45) is -3.66. The third-order valence-electron chi connectivity index (χ3n) is 5.83. The van der Waals surface area contributed by atoms with E-state index in [9.17, 15) is 34.8 Å². The standard InChI is InChI=1S/C19H23N3O4S.2C2HF3O2/c23-27(24,18-5-3-8-20-12-18)22-14-19(15-22)16(7-11-26-19)6-10-25-13-17-4-1-2-9-21-17;2*3-2(4,5)1(6)7/h1-5,8-9,12,16H,6-7,10-11,13-15H2;2*(H,6,7). The van der Waals surface area contributed by atoms with Gasteiger partial charge in [-0.2, -0.15) is 30.6 Å². The monoisotopic (exact) mass is 617 g/mol. The first-order valence-corrected chi connectivity index (χ1v) is 13.0. The smallest absolute Gasteiger partial charge is 0.475 e. The lowest BCUT2D eigenvalue weighted by Crippen LogP contribution is -2.65. The van der Waals surface area contributed by atoms with Gasteiger partial charge in [0.2, 0.25) is 10.0 Å². The van der Waals surface area contributed by atoms with E-state index >= 15 is 0 Å². The van der Waals surface area contributed by atoms with E-state index in [-0.39, 0.29) is 10.5 Å². The third kappa shape index (κ3) is 9.91. The number of aromatic nitrogens is 2. The highest BCUT2D eigenvalue weighted by Gasteiger charge is 2.56. The molecule has 0 aromatic carbocycles. The molecule has 0 radical (unpaired) electrons. The number of nitrogens with zero attached hydrogens (tertiary/aromatic N) is 3. The van der Waals surface area contributed by atoms with Crippen molar-refractivity contribution in [2.45, 2.75) is 42.3 Å². The van der Waals surface area contributed by atoms with Gasteiger partial charge < -0.3 is 19.7 Å². The first kappa shape index (κ1) is 33.9. The minimum absolute atomic E-state index is 0.230. The fourth-order valence-electron chi connectivity index (χ4n) is 3.80. The van der Waals surface area contributed by atoms with Gasteiger partial charge in [-0.3, -0.25) is 9.97 Å². The average molecular weight is 618 g/mol. The largest absolute Gasteiger partial charge is 0.490 e. The Morgan fingerprint density at radius 2 is 1.63 bits per heavy atom. The van der Waals surface area contributed by atoms with Crippen molar-refractivity contribution in [1.82, 2.24) is 14.3 Å². The van der Waals surface area contributed by atoms with Crippen LogP contribution in [0.3, 0.4) is 0 Å². The summed E-state index contributed by atoms with van der Waals surface area (Å²) >= 11 is 0. The molecule has 2 aliphatic rings. The van der Waals surface area contributed by atoms with Gasteiger partial charge in [0.05, 0.1) is 17.9 Å². The minimum Gasteiger partial charge on any atom is -0.475 e. The van der Waals surface area contributed by atoms with E-state index in [0.29, 0.717) is 38.8 Å². The van der Waals surface area contributed by atoms with Crippen LogP contribution in [-0.2, 0) is 35.7 Å². The summed E-state index contributed by atoms with van der Waals surface area (Å²) in [6, 6.07) is 8.97. The van der Waals surface area contributed by atoms with E-state index in [2.05, 4.69) is 9.97 Å². The number of ether oxygens (including phenoxy) is 2. The Balaban J connectivity index is 0.000000349. The molecular weight excluding hydrogens is 592 g/mol. The summed E-state index contributed by atoms with van der Waals surface area (Å²) < 4.78 is 102. The van der Waals surface area contributed by atoms with Crippen molar-refractivity contribution in [2.75, 3.05) is 26.3 Å². The van der Waals surface area contributed by atoms with Crippen LogP contribution in [0.15, 0.2) is 53.8 Å². The number of pyridine rings is 2. The van der Waals surface area contributed by atoms with Crippen LogP contribution < -0.4 is 0 Å². The molecule has 0 saturated carbocycles. The second-order valence-electron chi connectivity index (χ2n) is 8.63. The number of rotatable bonds is 7. The Bertz CT molecular complexity index is 1220. The van der Waals surface area contributed by atoms with Crippen LogP contribution in [0.2, 0.25) is 0 Å². The Kier molecular flexibility index (Phi) is 11.6. The van der Waals surface area contributed by atoms with Crippen LogP contribution in [0.4, 0.5) is 26.3 Å². The number of aliphatic carboxylic acids is 2. The molecule has 1 unspecified atom stereocenters. The van der Waals surface area contributed by atoms with Crippen LogP contribution in [0, 0.1) is 5.92 Å². The highest BCUT2D eigenvalue weighted by atomic mass is 32.2. The van der Waals surface area contributed by atoms with Crippen molar-refractivity contribution in [3.63, 3.8) is 0 Å². The van der Waals surface area contributed by atoms with E-state index in [4.69, 9.17) is 29.3 Å². The molecule has 11 nitrogen and oxygen atoms in total. The molecule has 41 heavy (non-hydrogen) atoms. The normalized spacial score (nSPS) is 18.3. The molecule has 2 aliphatic heterocycles. The predicted octanol–water partition coefficient (Wildman–Crippen LogP) is 3.13. The molecular formula is C23H25F6N3O8S. The molecule has 4 heterocycles. The Morgan fingerprint density at radius 1 is 1.02 bits per heavy atom. The molecule has 2 aromatic rings. The van der Waals surface area contributed by atoms with Gasteiger partial charge in [-0.25, -0.2) is 18.0 Å². The molecule has 2 N–H and O–H groups in total. The number of carbonyl (C=O) groups is 2. The van der Waals surface area contributed by atoms with Crippen molar-refractivity contribution in [1.29, 1.82) is 0 Å². The summed E-state index contributed by atoms with van der Waals surface area (Å²) in [5.41, 5.74) is 0.538. The van der Waals surface area contributed by atoms with Crippen LogP contribution in [-0.4, -0.2) is 89.1 Å². The number of hydrogen-bond donors (Lipinski definition) is 2. The quantitative estimate of drug-likeness (QED) is 0.350. The van der Waals surface area contributed by atoms with Crippen LogP contribution in [0.25, 0.3) is 0 Å². The molecule has 4 rings (SSSR count). The molecule has 18 heteroatoms. The van der Waals surface area contributed by atoms with Crippen molar-refractivity contribution >= 4 is 22.0 Å². The minimum atomic E-state index is -5.08. The second-order valence-corrected chi connectivity index (χ2v) is 10.6. The Morgan fingerprint density at radius 3 is 2.12 bits per heavy atom. The van der Waals surface area contributed by atoms with Crippen molar-refractivity contribution < 1.29 is 64.0 Å². The Labute approximate surface area is 229 Å². The number of halogens is 6. The number of alkyl halides is 6. The number of carboxylic acids is 2. The van der Waals surface area contributed by atoms with E-state index in [1.165, 1.54) is 10.5 Å². The lowest BCUT2D eigenvalue weighted by atomic mass is 9.80. The van der Waals surface area contributed by atoms with Gasteiger partial charge in [-0.15, -0.1) is 0 Å². The zero-order chi connectivity index (χ0) is 30.9. The van der Waals surface area contributed by atoms with E-state index in [0.717, 1.165) is 18.5 Å². The first-order chi connectivity index (χ1) is 19.0. The molecule has 2 saturated heterocycles. The summed E-state index contributed by atoms with van der Waals surface area (Å²) in [5.74, 6) is -5.21. The molecule has 0 bridgehead atoms. The first-order valence-electron chi connectivity index (χ1n) is 11.6. The zero-order valence-corrected chi connectivity index (χ0v) is 21.8. The third-order valence-corrected chi connectivity index (χ3v) is 7.61. The molecule has 228 valence electrons. The van der Waals surface area contributed by atoms with E-state index in [1.54, 1.807) is 24.5 Å². The summed E-state index contributed by atoms with van der Waals surface area (Å²) in [4.78, 5) is 26.2. The van der Waals surface area contributed by atoms with Crippen molar-refractivity contribution in [2.24, 2.45) is 5.92 Å². The van der Waals surface area contributed by atoms with Gasteiger partial charge in [0.25, 0.3) is 0 Å². The summed E-state index contributed by atoms with van der Waals surface area (Å²) in [7, 11) is -3.50. The van der Waals surface area contributed by atoms with Gasteiger partial charge in [-0.1, -0.05) is 6.07 Å². The van der Waals surface area contributed by atoms with Gasteiger partial charge in [0, 0.05) is 44.9 Å². The number of sulfonamides is 1.